The van der Waals surface area contributed by atoms with Crippen molar-refractivity contribution >= 4 is 0 Å². The van der Waals surface area contributed by atoms with Gasteiger partial charge in [-0.2, -0.15) is 0 Å². The standard InChI is InChI=1S/C11H23NO/c1-3-4-5-8-12-11(2)6-9-13-10-7-11/h12H,3-10H2,1-2H3. The van der Waals surface area contributed by atoms with Gasteiger partial charge in [-0.1, -0.05) is 19.8 Å². The molecule has 1 saturated heterocycles. The van der Waals surface area contributed by atoms with Crippen LogP contribution in [0.1, 0.15) is 46.0 Å². The van der Waals surface area contributed by atoms with Crippen molar-refractivity contribution in [2.45, 2.75) is 51.5 Å². The van der Waals surface area contributed by atoms with E-state index < -0.39 is 0 Å². The van der Waals surface area contributed by atoms with Gasteiger partial charge in [0.15, 0.2) is 0 Å². The molecule has 2 heteroatoms. The lowest BCUT2D eigenvalue weighted by molar-refractivity contribution is 0.0453. The van der Waals surface area contributed by atoms with Gasteiger partial charge in [0.2, 0.25) is 0 Å². The first-order valence-corrected chi connectivity index (χ1v) is 5.60. The number of ether oxygens (including phenoxy) is 1. The van der Waals surface area contributed by atoms with Crippen LogP contribution in [0, 0.1) is 0 Å². The number of hydrogen-bond acceptors (Lipinski definition) is 2. The van der Waals surface area contributed by atoms with Crippen LogP contribution in [-0.2, 0) is 4.74 Å². The molecule has 2 nitrogen and oxygen atoms in total. The summed E-state index contributed by atoms with van der Waals surface area (Å²) in [6, 6.07) is 0. The fourth-order valence-corrected chi connectivity index (χ4v) is 1.76. The van der Waals surface area contributed by atoms with Gasteiger partial charge < -0.3 is 10.1 Å². The zero-order chi connectivity index (χ0) is 9.57. The minimum absolute atomic E-state index is 0.353. The smallest absolute Gasteiger partial charge is 0.0483 e. The van der Waals surface area contributed by atoms with Gasteiger partial charge >= 0.3 is 0 Å². The number of nitrogens with one attached hydrogen (secondary N) is 1. The number of hydrogen-bond donors (Lipinski definition) is 1. The third-order valence-corrected chi connectivity index (χ3v) is 2.93. The van der Waals surface area contributed by atoms with Crippen molar-refractivity contribution < 1.29 is 4.74 Å². The summed E-state index contributed by atoms with van der Waals surface area (Å²) in [6.07, 6.45) is 6.30. The monoisotopic (exact) mass is 185 g/mol. The van der Waals surface area contributed by atoms with Gasteiger partial charge in [-0.15, -0.1) is 0 Å². The SMILES string of the molecule is CCCCCNC1(C)CCOCC1. The molecule has 0 saturated carbocycles. The predicted octanol–water partition coefficient (Wildman–Crippen LogP) is 2.34. The van der Waals surface area contributed by atoms with E-state index in [4.69, 9.17) is 4.74 Å². The van der Waals surface area contributed by atoms with Crippen molar-refractivity contribution in [3.05, 3.63) is 0 Å². The van der Waals surface area contributed by atoms with E-state index in [2.05, 4.69) is 19.2 Å². The van der Waals surface area contributed by atoms with Crippen LogP contribution in [0.4, 0.5) is 0 Å². The van der Waals surface area contributed by atoms with Crippen molar-refractivity contribution in [2.24, 2.45) is 0 Å². The molecule has 0 spiro atoms. The van der Waals surface area contributed by atoms with Crippen molar-refractivity contribution in [3.8, 4) is 0 Å². The van der Waals surface area contributed by atoms with Crippen LogP contribution in [0.3, 0.4) is 0 Å². The largest absolute Gasteiger partial charge is 0.381 e. The summed E-state index contributed by atoms with van der Waals surface area (Å²) in [5.41, 5.74) is 0.353. The molecule has 1 aliphatic heterocycles. The lowest BCUT2D eigenvalue weighted by Crippen LogP contribution is -2.47. The molecule has 1 rings (SSSR count). The second-order valence-corrected chi connectivity index (χ2v) is 4.31. The lowest BCUT2D eigenvalue weighted by Gasteiger charge is -2.34. The third-order valence-electron chi connectivity index (χ3n) is 2.93. The Labute approximate surface area is 82.0 Å². The predicted molar refractivity (Wildman–Crippen MR) is 56.0 cm³/mol. The van der Waals surface area contributed by atoms with Crippen LogP contribution in [0.5, 0.6) is 0 Å². The van der Waals surface area contributed by atoms with Gasteiger partial charge in [0.25, 0.3) is 0 Å². The summed E-state index contributed by atoms with van der Waals surface area (Å²) in [6.45, 7) is 7.59. The van der Waals surface area contributed by atoms with Crippen LogP contribution >= 0.6 is 0 Å². The highest BCUT2D eigenvalue weighted by Crippen LogP contribution is 2.19. The molecule has 1 aliphatic rings. The molecular formula is C11H23NO. The Morgan fingerprint density at radius 2 is 1.92 bits per heavy atom. The Morgan fingerprint density at radius 1 is 1.23 bits per heavy atom. The third kappa shape index (κ3) is 4.10. The molecule has 0 aromatic carbocycles. The Balaban J connectivity index is 2.10. The Kier molecular flexibility index (Phi) is 4.74. The summed E-state index contributed by atoms with van der Waals surface area (Å²) in [4.78, 5) is 0. The highest BCUT2D eigenvalue weighted by Gasteiger charge is 2.25. The minimum Gasteiger partial charge on any atom is -0.381 e. The maximum atomic E-state index is 5.35. The normalized spacial score (nSPS) is 21.7. The molecule has 1 N–H and O–H groups in total. The zero-order valence-electron chi connectivity index (χ0n) is 9.07. The van der Waals surface area contributed by atoms with E-state index in [0.29, 0.717) is 5.54 Å². The minimum atomic E-state index is 0.353. The first kappa shape index (κ1) is 11.0. The average Bonchev–Trinajstić information content (AvgIpc) is 2.14. The van der Waals surface area contributed by atoms with Crippen molar-refractivity contribution in [2.75, 3.05) is 19.8 Å². The Morgan fingerprint density at radius 3 is 2.54 bits per heavy atom. The molecule has 0 bridgehead atoms. The average molecular weight is 185 g/mol. The summed E-state index contributed by atoms with van der Waals surface area (Å²) >= 11 is 0. The topological polar surface area (TPSA) is 21.3 Å². The van der Waals surface area contributed by atoms with Crippen LogP contribution in [0.2, 0.25) is 0 Å². The zero-order valence-corrected chi connectivity index (χ0v) is 9.07. The van der Waals surface area contributed by atoms with E-state index in [1.165, 1.54) is 38.6 Å². The van der Waals surface area contributed by atoms with E-state index in [1.54, 1.807) is 0 Å². The highest BCUT2D eigenvalue weighted by molar-refractivity contribution is 4.84. The second-order valence-electron chi connectivity index (χ2n) is 4.31. The van der Waals surface area contributed by atoms with Crippen LogP contribution in [-0.4, -0.2) is 25.3 Å². The fourth-order valence-electron chi connectivity index (χ4n) is 1.76. The van der Waals surface area contributed by atoms with Crippen molar-refractivity contribution in [1.29, 1.82) is 0 Å². The van der Waals surface area contributed by atoms with Gasteiger partial charge in [-0.25, -0.2) is 0 Å². The number of rotatable bonds is 5. The van der Waals surface area contributed by atoms with Gasteiger partial charge in [-0.05, 0) is 32.7 Å². The first-order chi connectivity index (χ1) is 6.27. The van der Waals surface area contributed by atoms with E-state index >= 15 is 0 Å². The van der Waals surface area contributed by atoms with Gasteiger partial charge in [-0.3, -0.25) is 0 Å². The molecular weight excluding hydrogens is 162 g/mol. The van der Waals surface area contributed by atoms with E-state index in [-0.39, 0.29) is 0 Å². The molecule has 78 valence electrons. The molecule has 0 amide bonds. The van der Waals surface area contributed by atoms with Crippen molar-refractivity contribution in [1.82, 2.24) is 5.32 Å². The Bertz CT molecular complexity index is 130. The summed E-state index contributed by atoms with van der Waals surface area (Å²) < 4.78 is 5.35. The molecule has 0 aromatic rings. The quantitative estimate of drug-likeness (QED) is 0.664. The molecule has 0 unspecified atom stereocenters. The molecule has 0 atom stereocenters. The maximum absolute atomic E-state index is 5.35. The fraction of sp³-hybridized carbons (Fsp3) is 1.00. The molecule has 0 radical (unpaired) electrons. The van der Waals surface area contributed by atoms with Crippen LogP contribution in [0.25, 0.3) is 0 Å². The number of unbranched alkanes of at least 4 members (excludes halogenated alkanes) is 2. The van der Waals surface area contributed by atoms with E-state index in [1.807, 2.05) is 0 Å². The lowest BCUT2D eigenvalue weighted by atomic mass is 9.92. The maximum Gasteiger partial charge on any atom is 0.0483 e. The van der Waals surface area contributed by atoms with Crippen LogP contribution < -0.4 is 5.32 Å². The van der Waals surface area contributed by atoms with Crippen LogP contribution in [0.15, 0.2) is 0 Å². The molecule has 0 aliphatic carbocycles. The molecule has 13 heavy (non-hydrogen) atoms. The second kappa shape index (κ2) is 5.61. The molecule has 1 fully saturated rings. The highest BCUT2D eigenvalue weighted by atomic mass is 16.5. The summed E-state index contributed by atoms with van der Waals surface area (Å²) in [5.74, 6) is 0. The molecule has 1 heterocycles. The van der Waals surface area contributed by atoms with Gasteiger partial charge in [0, 0.05) is 18.8 Å². The van der Waals surface area contributed by atoms with E-state index in [0.717, 1.165) is 13.2 Å². The summed E-state index contributed by atoms with van der Waals surface area (Å²) in [5, 5.41) is 3.65. The van der Waals surface area contributed by atoms with Gasteiger partial charge in [0.1, 0.15) is 0 Å². The van der Waals surface area contributed by atoms with E-state index in [9.17, 15) is 0 Å². The first-order valence-electron chi connectivity index (χ1n) is 5.60. The molecule has 0 aromatic heterocycles. The van der Waals surface area contributed by atoms with Gasteiger partial charge in [0.05, 0.1) is 0 Å². The van der Waals surface area contributed by atoms with Crippen molar-refractivity contribution in [3.63, 3.8) is 0 Å². The Hall–Kier alpha value is -0.0800. The summed E-state index contributed by atoms with van der Waals surface area (Å²) in [7, 11) is 0.